The molecule has 7 nitrogen and oxygen atoms in total. The Bertz CT molecular complexity index is 467. The van der Waals surface area contributed by atoms with Gasteiger partial charge in [-0.3, -0.25) is 19.9 Å². The van der Waals surface area contributed by atoms with Crippen molar-refractivity contribution in [3.63, 3.8) is 0 Å². The maximum Gasteiger partial charge on any atom is 0.243 e. The van der Waals surface area contributed by atoms with Gasteiger partial charge in [-0.25, -0.2) is 0 Å². The number of β-amino-alcohol motifs (C(OH)–C–C–N with tert-alkyl or cyclic N) is 1. The molecule has 1 aliphatic rings. The summed E-state index contributed by atoms with van der Waals surface area (Å²) in [5.41, 5.74) is 0.740. The van der Waals surface area contributed by atoms with Crippen LogP contribution in [0.2, 0.25) is 0 Å². The Kier molecular flexibility index (Phi) is 5.33. The largest absolute Gasteiger partial charge is 0.392 e. The number of carbonyl (C=O) groups excluding carboxylic acids is 1. The Hall–Kier alpha value is -1.44. The number of aliphatic hydroxyl groups is 1. The number of aliphatic hydroxyl groups excluding tert-OH is 1. The van der Waals surface area contributed by atoms with E-state index in [1.165, 1.54) is 0 Å². The molecule has 1 saturated heterocycles. The van der Waals surface area contributed by atoms with Gasteiger partial charge >= 0.3 is 0 Å². The second-order valence-electron chi connectivity index (χ2n) is 5.68. The molecule has 21 heavy (non-hydrogen) atoms. The zero-order chi connectivity index (χ0) is 15.4. The first-order valence-electron chi connectivity index (χ1n) is 7.34. The van der Waals surface area contributed by atoms with E-state index >= 15 is 0 Å². The fourth-order valence-corrected chi connectivity index (χ4v) is 2.52. The average Bonchev–Trinajstić information content (AvgIpc) is 2.83. The van der Waals surface area contributed by atoms with Crippen molar-refractivity contribution >= 4 is 11.8 Å². The smallest absolute Gasteiger partial charge is 0.243 e. The zero-order valence-corrected chi connectivity index (χ0v) is 12.9. The molecule has 2 N–H and O–H groups in total. The molecule has 1 amide bonds. The van der Waals surface area contributed by atoms with Crippen molar-refractivity contribution in [3.8, 4) is 0 Å². The number of nitrogens with one attached hydrogen (secondary N) is 1. The molecular weight excluding hydrogens is 272 g/mol. The topological polar surface area (TPSA) is 81.8 Å². The third-order valence-electron chi connectivity index (χ3n) is 3.73. The van der Waals surface area contributed by atoms with Crippen LogP contribution in [0.5, 0.6) is 0 Å². The Morgan fingerprint density at radius 1 is 1.43 bits per heavy atom. The summed E-state index contributed by atoms with van der Waals surface area (Å²) in [5.74, 6) is 0.298. The van der Waals surface area contributed by atoms with Crippen molar-refractivity contribution in [3.05, 3.63) is 11.8 Å². The Balaban J connectivity index is 1.81. The minimum atomic E-state index is -0.313. The predicted octanol–water partition coefficient (Wildman–Crippen LogP) is 0.308. The van der Waals surface area contributed by atoms with Gasteiger partial charge in [0, 0.05) is 38.8 Å². The molecule has 1 aromatic rings. The number of amides is 1. The van der Waals surface area contributed by atoms with Gasteiger partial charge in [0.05, 0.1) is 17.8 Å². The van der Waals surface area contributed by atoms with E-state index in [0.29, 0.717) is 12.4 Å². The summed E-state index contributed by atoms with van der Waals surface area (Å²) < 4.78 is 5.00. The van der Waals surface area contributed by atoms with E-state index in [1.807, 2.05) is 13.8 Å². The van der Waals surface area contributed by atoms with Crippen molar-refractivity contribution < 1.29 is 14.4 Å². The first kappa shape index (κ1) is 15.9. The van der Waals surface area contributed by atoms with Gasteiger partial charge in [-0.1, -0.05) is 5.16 Å². The summed E-state index contributed by atoms with van der Waals surface area (Å²) in [7, 11) is 0. The van der Waals surface area contributed by atoms with Gasteiger partial charge < -0.3 is 9.63 Å². The van der Waals surface area contributed by atoms with Crippen LogP contribution in [0.4, 0.5) is 5.88 Å². The van der Waals surface area contributed by atoms with Crippen LogP contribution in [0.15, 0.2) is 10.6 Å². The van der Waals surface area contributed by atoms with E-state index in [9.17, 15) is 9.90 Å². The highest BCUT2D eigenvalue weighted by molar-refractivity contribution is 5.93. The van der Waals surface area contributed by atoms with Crippen LogP contribution in [0.25, 0.3) is 0 Å². The molecule has 0 bridgehead atoms. The van der Waals surface area contributed by atoms with Crippen molar-refractivity contribution in [1.29, 1.82) is 0 Å². The average molecular weight is 296 g/mol. The van der Waals surface area contributed by atoms with Crippen molar-refractivity contribution in [2.24, 2.45) is 0 Å². The van der Waals surface area contributed by atoms with Crippen LogP contribution in [0.1, 0.15) is 19.5 Å². The summed E-state index contributed by atoms with van der Waals surface area (Å²) >= 11 is 0. The van der Waals surface area contributed by atoms with Gasteiger partial charge in [-0.2, -0.15) is 0 Å². The molecule has 0 radical (unpaired) electrons. The number of aromatic nitrogens is 1. The van der Waals surface area contributed by atoms with Gasteiger partial charge in [0.2, 0.25) is 11.8 Å². The summed E-state index contributed by atoms with van der Waals surface area (Å²) in [5, 5.41) is 15.9. The molecule has 7 heteroatoms. The highest BCUT2D eigenvalue weighted by atomic mass is 16.5. The van der Waals surface area contributed by atoms with Crippen LogP contribution >= 0.6 is 0 Å². The zero-order valence-electron chi connectivity index (χ0n) is 12.9. The number of nitrogens with zero attached hydrogens (tertiary/aromatic N) is 3. The number of aryl methyl sites for hydroxylation is 1. The minimum absolute atomic E-state index is 0.0878. The number of piperazine rings is 1. The fourth-order valence-electron chi connectivity index (χ4n) is 2.52. The predicted molar refractivity (Wildman–Crippen MR) is 79.0 cm³/mol. The van der Waals surface area contributed by atoms with E-state index in [1.54, 1.807) is 13.0 Å². The van der Waals surface area contributed by atoms with E-state index in [-0.39, 0.29) is 18.1 Å². The molecule has 0 saturated carbocycles. The molecule has 1 aromatic heterocycles. The van der Waals surface area contributed by atoms with E-state index in [2.05, 4.69) is 20.3 Å². The minimum Gasteiger partial charge on any atom is -0.392 e. The molecular formula is C14H24N4O3. The standard InChI is InChI=1S/C14H24N4O3/c1-10-8-13(21-16-10)15-14(20)12(3)18-6-4-17(5-7-18)9-11(2)19/h8,11-12,19H,4-7,9H2,1-3H3,(H,15,20)/t11-,12+/m0/s1. The number of anilines is 1. The van der Waals surface area contributed by atoms with Crippen LogP contribution in [-0.2, 0) is 4.79 Å². The number of hydrogen-bond acceptors (Lipinski definition) is 6. The maximum atomic E-state index is 12.2. The maximum absolute atomic E-state index is 12.2. The summed E-state index contributed by atoms with van der Waals surface area (Å²) in [6.07, 6.45) is -0.313. The van der Waals surface area contributed by atoms with E-state index < -0.39 is 0 Å². The Labute approximate surface area is 124 Å². The Morgan fingerprint density at radius 3 is 2.62 bits per heavy atom. The van der Waals surface area contributed by atoms with Gasteiger partial charge in [-0.05, 0) is 20.8 Å². The first-order valence-corrected chi connectivity index (χ1v) is 7.34. The quantitative estimate of drug-likeness (QED) is 0.814. The van der Waals surface area contributed by atoms with E-state index in [0.717, 1.165) is 31.9 Å². The molecule has 0 unspecified atom stereocenters. The molecule has 0 aromatic carbocycles. The fraction of sp³-hybridized carbons (Fsp3) is 0.714. The highest BCUT2D eigenvalue weighted by Crippen LogP contribution is 2.12. The SMILES string of the molecule is Cc1cc(NC(=O)[C@@H](C)N2CCN(C[C@H](C)O)CC2)on1. The Morgan fingerprint density at radius 2 is 2.10 bits per heavy atom. The molecule has 2 heterocycles. The molecule has 1 aliphatic heterocycles. The summed E-state index contributed by atoms with van der Waals surface area (Å²) in [6.45, 7) is 9.54. The van der Waals surface area contributed by atoms with Crippen LogP contribution in [0.3, 0.4) is 0 Å². The summed E-state index contributed by atoms with van der Waals surface area (Å²) in [6, 6.07) is 1.48. The van der Waals surface area contributed by atoms with Crippen LogP contribution in [-0.4, -0.2) is 70.8 Å². The molecule has 2 atom stereocenters. The number of carbonyl (C=O) groups is 1. The monoisotopic (exact) mass is 296 g/mol. The molecule has 118 valence electrons. The van der Waals surface area contributed by atoms with Crippen molar-refractivity contribution in [2.45, 2.75) is 32.9 Å². The van der Waals surface area contributed by atoms with Crippen molar-refractivity contribution in [2.75, 3.05) is 38.0 Å². The van der Waals surface area contributed by atoms with Crippen LogP contribution in [0, 0.1) is 6.92 Å². The van der Waals surface area contributed by atoms with Gasteiger partial charge in [0.15, 0.2) is 0 Å². The third kappa shape index (κ3) is 4.52. The highest BCUT2D eigenvalue weighted by Gasteiger charge is 2.26. The first-order chi connectivity index (χ1) is 9.95. The molecule has 2 rings (SSSR count). The normalized spacial score (nSPS) is 20.2. The third-order valence-corrected chi connectivity index (χ3v) is 3.73. The number of hydrogen-bond donors (Lipinski definition) is 2. The van der Waals surface area contributed by atoms with Gasteiger partial charge in [0.1, 0.15) is 0 Å². The summed E-state index contributed by atoms with van der Waals surface area (Å²) in [4.78, 5) is 16.5. The lowest BCUT2D eigenvalue weighted by Gasteiger charge is -2.37. The lowest BCUT2D eigenvalue weighted by molar-refractivity contribution is -0.121. The lowest BCUT2D eigenvalue weighted by atomic mass is 10.2. The van der Waals surface area contributed by atoms with Gasteiger partial charge in [-0.15, -0.1) is 0 Å². The number of rotatable bonds is 5. The second kappa shape index (κ2) is 7.02. The lowest BCUT2D eigenvalue weighted by Crippen LogP contribution is -2.53. The van der Waals surface area contributed by atoms with E-state index in [4.69, 9.17) is 4.52 Å². The van der Waals surface area contributed by atoms with Crippen molar-refractivity contribution in [1.82, 2.24) is 15.0 Å². The molecule has 1 fully saturated rings. The van der Waals surface area contributed by atoms with Gasteiger partial charge in [0.25, 0.3) is 0 Å². The second-order valence-corrected chi connectivity index (χ2v) is 5.68. The van der Waals surface area contributed by atoms with Crippen LogP contribution < -0.4 is 5.32 Å². The molecule has 0 spiro atoms. The molecule has 0 aliphatic carbocycles.